The second kappa shape index (κ2) is 11.6. The average Bonchev–Trinajstić information content (AvgIpc) is 2.80. The number of nitrogens with zero attached hydrogens (tertiary/aromatic N) is 4. The molecular formula is C26H36N6O3. The number of rotatable bonds is 10. The molecule has 4 rings (SSSR count). The molecule has 1 atom stereocenters. The molecule has 1 aromatic carbocycles. The Morgan fingerprint density at radius 3 is 2.63 bits per heavy atom. The van der Waals surface area contributed by atoms with Crippen LogP contribution in [0.15, 0.2) is 46.1 Å². The molecule has 3 N–H and O–H groups in total. The number of likely N-dealkylation sites (tertiary alicyclic amines) is 1. The van der Waals surface area contributed by atoms with Crippen LogP contribution in [-0.2, 0) is 22.6 Å². The number of aliphatic hydroxyl groups excluding tert-OH is 1. The highest BCUT2D eigenvalue weighted by molar-refractivity contribution is 6.43. The van der Waals surface area contributed by atoms with Crippen molar-refractivity contribution in [2.24, 2.45) is 15.9 Å². The van der Waals surface area contributed by atoms with E-state index >= 15 is 0 Å². The molecule has 2 fully saturated rings. The van der Waals surface area contributed by atoms with Crippen molar-refractivity contribution in [1.82, 2.24) is 20.4 Å². The van der Waals surface area contributed by atoms with Gasteiger partial charge >= 0.3 is 0 Å². The fourth-order valence-electron chi connectivity index (χ4n) is 4.81. The summed E-state index contributed by atoms with van der Waals surface area (Å²) in [6, 6.07) is 8.50. The van der Waals surface area contributed by atoms with Gasteiger partial charge in [-0.2, -0.15) is 0 Å². The lowest BCUT2D eigenvalue weighted by atomic mass is 9.79. The number of carbonyl (C=O) groups excluding carboxylic acids is 2. The van der Waals surface area contributed by atoms with E-state index in [-0.39, 0.29) is 36.0 Å². The van der Waals surface area contributed by atoms with Crippen LogP contribution >= 0.6 is 0 Å². The molecule has 9 nitrogen and oxygen atoms in total. The fraction of sp³-hybridized carbons (Fsp3) is 0.538. The number of hydrogen-bond donors (Lipinski definition) is 3. The Morgan fingerprint density at radius 1 is 1.23 bits per heavy atom. The van der Waals surface area contributed by atoms with E-state index in [2.05, 4.69) is 50.4 Å². The van der Waals surface area contributed by atoms with Crippen LogP contribution in [0.1, 0.15) is 30.4 Å². The highest BCUT2D eigenvalue weighted by Gasteiger charge is 2.38. The van der Waals surface area contributed by atoms with E-state index in [1.807, 2.05) is 11.0 Å². The SMILES string of the molecule is C=N/C(=C\C(=N/C)C(=O)NC[C@H](O)CN1CCc2ccccc2C1)N[C@H]1C[C@H](C(=O)N2CCC2)C1. The van der Waals surface area contributed by atoms with Gasteiger partial charge in [0.2, 0.25) is 5.91 Å². The van der Waals surface area contributed by atoms with Gasteiger partial charge in [0, 0.05) is 64.4 Å². The van der Waals surface area contributed by atoms with Crippen LogP contribution in [0.25, 0.3) is 0 Å². The lowest BCUT2D eigenvalue weighted by Crippen LogP contribution is -2.52. The number of nitrogens with one attached hydrogen (secondary N) is 2. The molecule has 1 saturated heterocycles. The molecule has 35 heavy (non-hydrogen) atoms. The Bertz CT molecular complexity index is 997. The van der Waals surface area contributed by atoms with Gasteiger partial charge in [-0.3, -0.25) is 19.5 Å². The molecule has 188 valence electrons. The van der Waals surface area contributed by atoms with Crippen LogP contribution in [0.3, 0.4) is 0 Å². The van der Waals surface area contributed by atoms with Gasteiger partial charge < -0.3 is 20.6 Å². The molecule has 0 bridgehead atoms. The number of hydrogen-bond acceptors (Lipinski definition) is 7. The summed E-state index contributed by atoms with van der Waals surface area (Å²) in [6.45, 7) is 7.65. The van der Waals surface area contributed by atoms with Crippen molar-refractivity contribution >= 4 is 24.2 Å². The maximum atomic E-state index is 12.7. The van der Waals surface area contributed by atoms with Crippen LogP contribution in [0.4, 0.5) is 0 Å². The Hall–Kier alpha value is -3.04. The smallest absolute Gasteiger partial charge is 0.269 e. The second-order valence-electron chi connectivity index (χ2n) is 9.60. The summed E-state index contributed by atoms with van der Waals surface area (Å²) in [6.07, 6.45) is 4.43. The highest BCUT2D eigenvalue weighted by atomic mass is 16.3. The molecule has 0 radical (unpaired) electrons. The predicted octanol–water partition coefficient (Wildman–Crippen LogP) is 0.735. The van der Waals surface area contributed by atoms with E-state index in [9.17, 15) is 14.7 Å². The van der Waals surface area contributed by atoms with Crippen LogP contribution in [0.5, 0.6) is 0 Å². The van der Waals surface area contributed by atoms with E-state index in [1.54, 1.807) is 13.1 Å². The zero-order valence-electron chi connectivity index (χ0n) is 20.4. The first-order valence-corrected chi connectivity index (χ1v) is 12.4. The van der Waals surface area contributed by atoms with Crippen LogP contribution in [-0.4, -0.2) is 91.1 Å². The number of fused-ring (bicyclic) bond motifs is 1. The molecule has 2 amide bonds. The first-order chi connectivity index (χ1) is 17.0. The standard InChI is InChI=1S/C26H36N6O3/c1-27-23(14-24(28-2)30-21-12-20(13-21)26(35)32-9-5-10-32)25(34)29-15-22(33)17-31-11-8-18-6-3-4-7-19(18)16-31/h3-4,6-7,14,20-22,30,33H,2,5,8-13,15-17H2,1H3,(H,29,34)/b24-14+,27-23+/t20-,21-,22-/m0/s1. The lowest BCUT2D eigenvalue weighted by molar-refractivity contribution is -0.142. The second-order valence-corrected chi connectivity index (χ2v) is 9.60. The zero-order chi connectivity index (χ0) is 24.8. The topological polar surface area (TPSA) is 110 Å². The maximum Gasteiger partial charge on any atom is 0.269 e. The monoisotopic (exact) mass is 480 g/mol. The molecule has 9 heteroatoms. The molecule has 0 unspecified atom stereocenters. The lowest BCUT2D eigenvalue weighted by Gasteiger charge is -2.41. The molecule has 1 aromatic rings. The summed E-state index contributed by atoms with van der Waals surface area (Å²) in [4.78, 5) is 37.1. The minimum absolute atomic E-state index is 0.0661. The third-order valence-corrected chi connectivity index (χ3v) is 7.10. The van der Waals surface area contributed by atoms with Gasteiger partial charge in [-0.15, -0.1) is 0 Å². The molecule has 0 aromatic heterocycles. The van der Waals surface area contributed by atoms with Crippen LogP contribution < -0.4 is 10.6 Å². The fourth-order valence-corrected chi connectivity index (χ4v) is 4.81. The van der Waals surface area contributed by atoms with E-state index in [0.717, 1.165) is 51.9 Å². The number of β-amino-alcohol motifs (C(OH)–C–C–N with tert-alkyl or cyclic N) is 1. The first kappa shape index (κ1) is 25.1. The summed E-state index contributed by atoms with van der Waals surface area (Å²) in [5.41, 5.74) is 2.86. The Morgan fingerprint density at radius 2 is 1.97 bits per heavy atom. The number of carbonyl (C=O) groups is 2. The van der Waals surface area contributed by atoms with Gasteiger partial charge in [0.1, 0.15) is 11.5 Å². The summed E-state index contributed by atoms with van der Waals surface area (Å²) in [5, 5.41) is 16.5. The summed E-state index contributed by atoms with van der Waals surface area (Å²) in [7, 11) is 1.54. The summed E-state index contributed by atoms with van der Waals surface area (Å²) >= 11 is 0. The maximum absolute atomic E-state index is 12.7. The van der Waals surface area contributed by atoms with Gasteiger partial charge in [-0.1, -0.05) is 24.3 Å². The predicted molar refractivity (Wildman–Crippen MR) is 136 cm³/mol. The van der Waals surface area contributed by atoms with Gasteiger partial charge in [-0.05, 0) is 43.5 Å². The Kier molecular flexibility index (Phi) is 8.30. The van der Waals surface area contributed by atoms with Crippen molar-refractivity contribution in [3.8, 4) is 0 Å². The molecule has 2 aliphatic heterocycles. The van der Waals surface area contributed by atoms with Gasteiger partial charge in [0.05, 0.1) is 6.10 Å². The van der Waals surface area contributed by atoms with Crippen molar-refractivity contribution in [2.75, 3.05) is 39.8 Å². The number of aliphatic imine (C=N–C) groups is 2. The van der Waals surface area contributed by atoms with Crippen molar-refractivity contribution in [3.05, 3.63) is 47.3 Å². The zero-order valence-corrected chi connectivity index (χ0v) is 20.4. The Balaban J connectivity index is 1.21. The number of amides is 2. The summed E-state index contributed by atoms with van der Waals surface area (Å²) in [5.74, 6) is 0.385. The largest absolute Gasteiger partial charge is 0.390 e. The van der Waals surface area contributed by atoms with Crippen molar-refractivity contribution in [2.45, 2.75) is 44.4 Å². The van der Waals surface area contributed by atoms with E-state index in [4.69, 9.17) is 0 Å². The molecule has 1 aliphatic carbocycles. The minimum atomic E-state index is -0.683. The molecule has 1 saturated carbocycles. The first-order valence-electron chi connectivity index (χ1n) is 12.4. The van der Waals surface area contributed by atoms with Crippen LogP contribution in [0, 0.1) is 5.92 Å². The van der Waals surface area contributed by atoms with Crippen LogP contribution in [0.2, 0.25) is 0 Å². The quantitative estimate of drug-likeness (QED) is 0.428. The average molecular weight is 481 g/mol. The third-order valence-electron chi connectivity index (χ3n) is 7.10. The van der Waals surface area contributed by atoms with Crippen molar-refractivity contribution in [1.29, 1.82) is 0 Å². The molecule has 3 aliphatic rings. The molecular weight excluding hydrogens is 444 g/mol. The van der Waals surface area contributed by atoms with Crippen molar-refractivity contribution < 1.29 is 14.7 Å². The molecule has 0 spiro atoms. The third kappa shape index (κ3) is 6.35. The minimum Gasteiger partial charge on any atom is -0.390 e. The highest BCUT2D eigenvalue weighted by Crippen LogP contribution is 2.31. The van der Waals surface area contributed by atoms with E-state index < -0.39 is 6.10 Å². The number of benzene rings is 1. The van der Waals surface area contributed by atoms with E-state index in [1.165, 1.54) is 11.1 Å². The van der Waals surface area contributed by atoms with E-state index in [0.29, 0.717) is 12.4 Å². The summed E-state index contributed by atoms with van der Waals surface area (Å²) < 4.78 is 0. The number of aliphatic hydroxyl groups is 1. The Labute approximate surface area is 207 Å². The van der Waals surface area contributed by atoms with Crippen molar-refractivity contribution in [3.63, 3.8) is 0 Å². The normalized spacial score (nSPS) is 23.4. The van der Waals surface area contributed by atoms with Gasteiger partial charge in [-0.25, -0.2) is 4.99 Å². The van der Waals surface area contributed by atoms with Gasteiger partial charge in [0.15, 0.2) is 0 Å². The molecule has 2 heterocycles. The van der Waals surface area contributed by atoms with Gasteiger partial charge in [0.25, 0.3) is 5.91 Å².